The second-order valence-corrected chi connectivity index (χ2v) is 6.88. The van der Waals surface area contributed by atoms with Crippen molar-refractivity contribution in [2.24, 2.45) is 0 Å². The Labute approximate surface area is 141 Å². The molecule has 0 saturated heterocycles. The van der Waals surface area contributed by atoms with Crippen molar-refractivity contribution in [3.63, 3.8) is 0 Å². The van der Waals surface area contributed by atoms with E-state index in [0.717, 1.165) is 32.7 Å². The van der Waals surface area contributed by atoms with E-state index in [-0.39, 0.29) is 5.92 Å². The van der Waals surface area contributed by atoms with Crippen LogP contribution in [0.2, 0.25) is 5.02 Å². The Morgan fingerprint density at radius 1 is 1.22 bits per heavy atom. The van der Waals surface area contributed by atoms with Crippen LogP contribution in [-0.2, 0) is 0 Å². The van der Waals surface area contributed by atoms with Gasteiger partial charge in [-0.05, 0) is 18.2 Å². The summed E-state index contributed by atoms with van der Waals surface area (Å²) in [6.45, 7) is 4.14. The molecule has 0 atom stereocenters. The van der Waals surface area contributed by atoms with Gasteiger partial charge in [0.05, 0.1) is 11.4 Å². The second kappa shape index (κ2) is 5.43. The maximum absolute atomic E-state index is 6.04. The molecule has 6 nitrogen and oxygen atoms in total. The number of nitrogens with zero attached hydrogens (tertiary/aromatic N) is 5. The van der Waals surface area contributed by atoms with Crippen LogP contribution in [0.15, 0.2) is 30.3 Å². The Morgan fingerprint density at radius 2 is 2.09 bits per heavy atom. The number of nitrogens with one attached hydrogen (secondary N) is 1. The quantitative estimate of drug-likeness (QED) is 0.609. The van der Waals surface area contributed by atoms with E-state index in [1.165, 1.54) is 11.3 Å². The third kappa shape index (κ3) is 2.51. The first-order valence-corrected chi connectivity index (χ1v) is 8.35. The van der Waals surface area contributed by atoms with Gasteiger partial charge in [-0.3, -0.25) is 5.10 Å². The predicted octanol–water partition coefficient (Wildman–Crippen LogP) is 4.02. The Bertz CT molecular complexity index is 983. The molecule has 0 radical (unpaired) electrons. The van der Waals surface area contributed by atoms with E-state index in [1.54, 1.807) is 4.52 Å². The van der Waals surface area contributed by atoms with Crippen LogP contribution in [0.1, 0.15) is 25.6 Å². The van der Waals surface area contributed by atoms with E-state index in [0.29, 0.717) is 5.02 Å². The summed E-state index contributed by atoms with van der Waals surface area (Å²) in [5.74, 6) is 1.13. The molecule has 4 rings (SSSR count). The van der Waals surface area contributed by atoms with Gasteiger partial charge in [-0.25, -0.2) is 0 Å². The van der Waals surface area contributed by atoms with Gasteiger partial charge in [-0.15, -0.1) is 10.2 Å². The van der Waals surface area contributed by atoms with Crippen molar-refractivity contribution in [2.75, 3.05) is 0 Å². The topological polar surface area (TPSA) is 71.8 Å². The van der Waals surface area contributed by atoms with Crippen LogP contribution in [0.4, 0.5) is 0 Å². The highest BCUT2D eigenvalue weighted by molar-refractivity contribution is 7.19. The third-order valence-corrected chi connectivity index (χ3v) is 4.63. The summed E-state index contributed by atoms with van der Waals surface area (Å²) in [5, 5.41) is 21.9. The molecule has 116 valence electrons. The molecule has 0 aliphatic carbocycles. The number of rotatable bonds is 3. The van der Waals surface area contributed by atoms with Crippen LogP contribution in [0.5, 0.6) is 0 Å². The zero-order valence-electron chi connectivity index (χ0n) is 12.5. The van der Waals surface area contributed by atoms with Gasteiger partial charge in [0.1, 0.15) is 0 Å². The van der Waals surface area contributed by atoms with Crippen LogP contribution >= 0.6 is 22.9 Å². The van der Waals surface area contributed by atoms with Gasteiger partial charge in [-0.1, -0.05) is 48.9 Å². The molecule has 0 unspecified atom stereocenters. The lowest BCUT2D eigenvalue weighted by atomic mass is 10.1. The lowest BCUT2D eigenvalue weighted by Gasteiger charge is -1.97. The summed E-state index contributed by atoms with van der Waals surface area (Å²) in [5.41, 5.74) is 2.65. The number of fused-ring (bicyclic) bond motifs is 1. The van der Waals surface area contributed by atoms with Crippen molar-refractivity contribution in [1.82, 2.24) is 30.0 Å². The van der Waals surface area contributed by atoms with Gasteiger partial charge < -0.3 is 0 Å². The smallest absolute Gasteiger partial charge is 0.235 e. The van der Waals surface area contributed by atoms with Crippen LogP contribution in [0.3, 0.4) is 0 Å². The average Bonchev–Trinajstić information content (AvgIpc) is 3.21. The van der Waals surface area contributed by atoms with Gasteiger partial charge in [0.15, 0.2) is 10.8 Å². The summed E-state index contributed by atoms with van der Waals surface area (Å²) in [4.78, 5) is 0.780. The Hall–Kier alpha value is -2.25. The molecule has 8 heteroatoms. The van der Waals surface area contributed by atoms with Crippen molar-refractivity contribution in [3.8, 4) is 22.0 Å². The molecule has 23 heavy (non-hydrogen) atoms. The van der Waals surface area contributed by atoms with E-state index < -0.39 is 0 Å². The highest BCUT2D eigenvalue weighted by Gasteiger charge is 2.16. The zero-order chi connectivity index (χ0) is 16.0. The molecular formula is C15H13ClN6S. The standard InChI is InChI=1S/C15H13ClN6S/c1-8(2)13-19-20-15-22(13)21-14(23-15)12-7-11(17-18-12)9-4-3-5-10(16)6-9/h3-8H,1-2H3,(H,17,18). The van der Waals surface area contributed by atoms with Crippen LogP contribution in [-0.4, -0.2) is 30.0 Å². The number of halogens is 1. The van der Waals surface area contributed by atoms with Crippen molar-refractivity contribution in [1.29, 1.82) is 0 Å². The SMILES string of the molecule is CC(C)c1nnc2sc(-c3cc(-c4cccc(Cl)c4)n[nH]3)nn12. The minimum absolute atomic E-state index is 0.267. The zero-order valence-corrected chi connectivity index (χ0v) is 14.1. The largest absolute Gasteiger partial charge is 0.275 e. The van der Waals surface area contributed by atoms with E-state index in [1.807, 2.05) is 30.3 Å². The average molecular weight is 345 g/mol. The molecule has 0 aliphatic rings. The Morgan fingerprint density at radius 3 is 2.87 bits per heavy atom. The third-order valence-electron chi connectivity index (χ3n) is 3.46. The number of H-pyrrole nitrogens is 1. The predicted molar refractivity (Wildman–Crippen MR) is 90.8 cm³/mol. The van der Waals surface area contributed by atoms with Crippen LogP contribution < -0.4 is 0 Å². The minimum Gasteiger partial charge on any atom is -0.275 e. The number of hydrogen-bond donors (Lipinski definition) is 1. The Balaban J connectivity index is 1.74. The van der Waals surface area contributed by atoms with Crippen molar-refractivity contribution in [2.45, 2.75) is 19.8 Å². The maximum Gasteiger partial charge on any atom is 0.235 e. The molecule has 4 aromatic rings. The number of benzene rings is 1. The van der Waals surface area contributed by atoms with Crippen LogP contribution in [0.25, 0.3) is 26.9 Å². The normalized spacial score (nSPS) is 11.7. The van der Waals surface area contributed by atoms with Gasteiger partial charge >= 0.3 is 0 Å². The molecule has 0 saturated carbocycles. The van der Waals surface area contributed by atoms with Crippen LogP contribution in [0, 0.1) is 0 Å². The Kier molecular flexibility index (Phi) is 3.39. The lowest BCUT2D eigenvalue weighted by Crippen LogP contribution is -1.97. The summed E-state index contributed by atoms with van der Waals surface area (Å²) in [6.07, 6.45) is 0. The molecule has 0 amide bonds. The monoisotopic (exact) mass is 344 g/mol. The summed E-state index contributed by atoms with van der Waals surface area (Å²) < 4.78 is 1.80. The summed E-state index contributed by atoms with van der Waals surface area (Å²) in [7, 11) is 0. The van der Waals surface area contributed by atoms with Gasteiger partial charge in [0.25, 0.3) is 0 Å². The van der Waals surface area contributed by atoms with Gasteiger partial charge in [0, 0.05) is 16.5 Å². The van der Waals surface area contributed by atoms with E-state index in [2.05, 4.69) is 39.3 Å². The number of aromatic amines is 1. The second-order valence-electron chi connectivity index (χ2n) is 5.49. The number of hydrogen-bond acceptors (Lipinski definition) is 5. The number of aromatic nitrogens is 6. The summed E-state index contributed by atoms with van der Waals surface area (Å²) >= 11 is 7.52. The fourth-order valence-electron chi connectivity index (χ4n) is 2.33. The molecule has 0 bridgehead atoms. The summed E-state index contributed by atoms with van der Waals surface area (Å²) in [6, 6.07) is 9.57. The van der Waals surface area contributed by atoms with E-state index in [4.69, 9.17) is 11.6 Å². The molecule has 3 aromatic heterocycles. The molecular weight excluding hydrogens is 332 g/mol. The van der Waals surface area contributed by atoms with Gasteiger partial charge in [-0.2, -0.15) is 14.7 Å². The lowest BCUT2D eigenvalue weighted by molar-refractivity contribution is 0.726. The molecule has 0 spiro atoms. The fraction of sp³-hybridized carbons (Fsp3) is 0.200. The van der Waals surface area contributed by atoms with Gasteiger partial charge in [0.2, 0.25) is 4.96 Å². The first-order chi connectivity index (χ1) is 11.1. The molecule has 1 aromatic carbocycles. The van der Waals surface area contributed by atoms with E-state index in [9.17, 15) is 0 Å². The first kappa shape index (κ1) is 14.3. The fourth-order valence-corrected chi connectivity index (χ4v) is 3.33. The highest BCUT2D eigenvalue weighted by Crippen LogP contribution is 2.29. The van der Waals surface area contributed by atoms with Crippen molar-refractivity contribution in [3.05, 3.63) is 41.2 Å². The van der Waals surface area contributed by atoms with Crippen molar-refractivity contribution < 1.29 is 0 Å². The van der Waals surface area contributed by atoms with E-state index >= 15 is 0 Å². The maximum atomic E-state index is 6.04. The molecule has 1 N–H and O–H groups in total. The minimum atomic E-state index is 0.267. The van der Waals surface area contributed by atoms with Crippen molar-refractivity contribution >= 4 is 27.9 Å². The molecule has 0 fully saturated rings. The first-order valence-electron chi connectivity index (χ1n) is 7.15. The molecule has 3 heterocycles. The highest BCUT2D eigenvalue weighted by atomic mass is 35.5. The molecule has 0 aliphatic heterocycles.